The molecule has 5 nitrogen and oxygen atoms in total. The van der Waals surface area contributed by atoms with E-state index in [-0.39, 0.29) is 5.91 Å². The second kappa shape index (κ2) is 5.35. The maximum Gasteiger partial charge on any atom is 0.270 e. The van der Waals surface area contributed by atoms with E-state index in [0.29, 0.717) is 26.3 Å². The van der Waals surface area contributed by atoms with Crippen molar-refractivity contribution in [3.8, 4) is 0 Å². The summed E-state index contributed by atoms with van der Waals surface area (Å²) in [6.45, 7) is 4.76. The maximum atomic E-state index is 12.9. The van der Waals surface area contributed by atoms with Crippen molar-refractivity contribution in [1.29, 1.82) is 0 Å². The number of likely N-dealkylation sites (tertiary alicyclic amines) is 1. The Bertz CT molecular complexity index is 749. The third kappa shape index (κ3) is 2.44. The van der Waals surface area contributed by atoms with Crippen LogP contribution in [-0.2, 0) is 16.5 Å². The highest BCUT2D eigenvalue weighted by Gasteiger charge is 2.41. The number of nitrogens with zero attached hydrogens (tertiary/aromatic N) is 2. The Labute approximate surface area is 135 Å². The number of fused-ring (bicyclic) bond motifs is 1. The van der Waals surface area contributed by atoms with E-state index in [9.17, 15) is 4.79 Å². The number of piperidine rings is 1. The molecule has 2 fully saturated rings. The molecule has 4 rings (SSSR count). The lowest BCUT2D eigenvalue weighted by Gasteiger charge is -2.37. The van der Waals surface area contributed by atoms with E-state index in [0.717, 1.165) is 29.4 Å². The van der Waals surface area contributed by atoms with Crippen molar-refractivity contribution in [1.82, 2.24) is 9.47 Å². The van der Waals surface area contributed by atoms with Gasteiger partial charge in [0.1, 0.15) is 5.69 Å². The number of aryl methyl sites for hydroxylation is 2. The highest BCUT2D eigenvalue weighted by Crippen LogP contribution is 2.32. The lowest BCUT2D eigenvalue weighted by molar-refractivity contribution is -0.181. The lowest BCUT2D eigenvalue weighted by Crippen LogP contribution is -2.47. The molecular formula is C18H22N2O3. The third-order valence-electron chi connectivity index (χ3n) is 5.05. The van der Waals surface area contributed by atoms with Gasteiger partial charge in [-0.15, -0.1) is 0 Å². The van der Waals surface area contributed by atoms with Crippen LogP contribution in [0.3, 0.4) is 0 Å². The van der Waals surface area contributed by atoms with Gasteiger partial charge in [-0.1, -0.05) is 12.1 Å². The van der Waals surface area contributed by atoms with Crippen LogP contribution in [0.25, 0.3) is 10.9 Å². The monoisotopic (exact) mass is 314 g/mol. The van der Waals surface area contributed by atoms with Gasteiger partial charge in [-0.25, -0.2) is 0 Å². The second-order valence-electron chi connectivity index (χ2n) is 6.55. The van der Waals surface area contributed by atoms with Gasteiger partial charge in [-0.2, -0.15) is 0 Å². The number of hydrogen-bond acceptors (Lipinski definition) is 3. The average Bonchev–Trinajstić information content (AvgIpc) is 3.13. The quantitative estimate of drug-likeness (QED) is 0.812. The van der Waals surface area contributed by atoms with Crippen molar-refractivity contribution in [2.45, 2.75) is 25.6 Å². The van der Waals surface area contributed by atoms with E-state index < -0.39 is 5.79 Å². The minimum Gasteiger partial charge on any atom is -0.347 e. The van der Waals surface area contributed by atoms with Gasteiger partial charge in [0.15, 0.2) is 5.79 Å². The first-order valence-electron chi connectivity index (χ1n) is 8.21. The van der Waals surface area contributed by atoms with Gasteiger partial charge in [-0.3, -0.25) is 4.79 Å². The van der Waals surface area contributed by atoms with Crippen molar-refractivity contribution in [3.05, 3.63) is 35.5 Å². The van der Waals surface area contributed by atoms with E-state index in [1.165, 1.54) is 5.56 Å². The first kappa shape index (κ1) is 14.7. The van der Waals surface area contributed by atoms with Gasteiger partial charge in [0, 0.05) is 43.9 Å². The number of rotatable bonds is 1. The molecule has 0 unspecified atom stereocenters. The minimum atomic E-state index is -0.438. The molecule has 2 aliphatic heterocycles. The minimum absolute atomic E-state index is 0.0919. The van der Waals surface area contributed by atoms with Crippen LogP contribution in [0.1, 0.15) is 28.9 Å². The van der Waals surface area contributed by atoms with Gasteiger partial charge >= 0.3 is 0 Å². The van der Waals surface area contributed by atoms with Gasteiger partial charge in [-0.05, 0) is 24.6 Å². The molecular weight excluding hydrogens is 292 g/mol. The largest absolute Gasteiger partial charge is 0.347 e. The summed E-state index contributed by atoms with van der Waals surface area (Å²) in [6, 6.07) is 8.27. The zero-order valence-corrected chi connectivity index (χ0v) is 13.7. The SMILES string of the molecule is Cc1ccc2cc(C(=O)N3CCC4(CC3)OCCO4)n(C)c2c1. The van der Waals surface area contributed by atoms with E-state index in [1.54, 1.807) is 0 Å². The zero-order chi connectivity index (χ0) is 16.0. The molecule has 23 heavy (non-hydrogen) atoms. The maximum absolute atomic E-state index is 12.9. The van der Waals surface area contributed by atoms with Gasteiger partial charge in [0.2, 0.25) is 0 Å². The van der Waals surface area contributed by atoms with E-state index in [1.807, 2.05) is 22.6 Å². The number of carbonyl (C=O) groups excluding carboxylic acids is 1. The molecule has 0 bridgehead atoms. The fourth-order valence-electron chi connectivity index (χ4n) is 3.64. The fraction of sp³-hybridized carbons (Fsp3) is 0.500. The second-order valence-corrected chi connectivity index (χ2v) is 6.55. The van der Waals surface area contributed by atoms with Crippen molar-refractivity contribution < 1.29 is 14.3 Å². The van der Waals surface area contributed by atoms with Crippen molar-refractivity contribution in [3.63, 3.8) is 0 Å². The van der Waals surface area contributed by atoms with Gasteiger partial charge in [0.25, 0.3) is 5.91 Å². The summed E-state index contributed by atoms with van der Waals surface area (Å²) >= 11 is 0. The highest BCUT2D eigenvalue weighted by molar-refractivity contribution is 5.98. The molecule has 0 radical (unpaired) electrons. The van der Waals surface area contributed by atoms with Gasteiger partial charge in [0.05, 0.1) is 13.2 Å². The average molecular weight is 314 g/mol. The first-order valence-corrected chi connectivity index (χ1v) is 8.21. The molecule has 2 saturated heterocycles. The first-order chi connectivity index (χ1) is 11.1. The molecule has 122 valence electrons. The number of amides is 1. The summed E-state index contributed by atoms with van der Waals surface area (Å²) in [5, 5.41) is 1.11. The predicted molar refractivity (Wildman–Crippen MR) is 87.4 cm³/mol. The highest BCUT2D eigenvalue weighted by atomic mass is 16.7. The molecule has 0 aliphatic carbocycles. The Morgan fingerprint density at radius 2 is 1.83 bits per heavy atom. The molecule has 1 aromatic heterocycles. The van der Waals surface area contributed by atoms with Crippen LogP contribution in [0.2, 0.25) is 0 Å². The molecule has 1 amide bonds. The summed E-state index contributed by atoms with van der Waals surface area (Å²) in [5.41, 5.74) is 3.05. The Hall–Kier alpha value is -1.85. The zero-order valence-electron chi connectivity index (χ0n) is 13.7. The smallest absolute Gasteiger partial charge is 0.270 e. The topological polar surface area (TPSA) is 43.7 Å². The van der Waals surface area contributed by atoms with Crippen molar-refractivity contribution in [2.75, 3.05) is 26.3 Å². The Morgan fingerprint density at radius 3 is 2.52 bits per heavy atom. The molecule has 1 aromatic carbocycles. The molecule has 0 atom stereocenters. The number of benzene rings is 1. The number of hydrogen-bond donors (Lipinski definition) is 0. The Kier molecular flexibility index (Phi) is 3.43. The molecule has 3 heterocycles. The van der Waals surface area contributed by atoms with Crippen LogP contribution in [0.5, 0.6) is 0 Å². The summed E-state index contributed by atoms with van der Waals surface area (Å²) in [6.07, 6.45) is 1.50. The fourth-order valence-corrected chi connectivity index (χ4v) is 3.64. The summed E-state index contributed by atoms with van der Waals surface area (Å²) in [5.74, 6) is -0.346. The normalized spacial score (nSPS) is 20.5. The Balaban J connectivity index is 1.56. The van der Waals surface area contributed by atoms with Crippen LogP contribution in [0, 0.1) is 6.92 Å². The van der Waals surface area contributed by atoms with E-state index in [4.69, 9.17) is 9.47 Å². The number of aromatic nitrogens is 1. The molecule has 0 saturated carbocycles. The molecule has 2 aromatic rings. The third-order valence-corrected chi connectivity index (χ3v) is 5.05. The predicted octanol–water partition coefficient (Wildman–Crippen LogP) is 2.47. The number of carbonyl (C=O) groups is 1. The van der Waals surface area contributed by atoms with E-state index >= 15 is 0 Å². The van der Waals surface area contributed by atoms with Crippen LogP contribution < -0.4 is 0 Å². The summed E-state index contributed by atoms with van der Waals surface area (Å²) < 4.78 is 13.5. The molecule has 5 heteroatoms. The molecule has 2 aliphatic rings. The van der Waals surface area contributed by atoms with Crippen molar-refractivity contribution >= 4 is 16.8 Å². The standard InChI is InChI=1S/C18H22N2O3/c1-13-3-4-14-12-16(19(2)15(14)11-13)17(21)20-7-5-18(6-8-20)22-9-10-23-18/h3-4,11-12H,5-10H2,1-2H3. The lowest BCUT2D eigenvalue weighted by atomic mass is 10.0. The summed E-state index contributed by atoms with van der Waals surface area (Å²) in [4.78, 5) is 14.8. The van der Waals surface area contributed by atoms with Crippen LogP contribution in [0.4, 0.5) is 0 Å². The van der Waals surface area contributed by atoms with Crippen LogP contribution in [0.15, 0.2) is 24.3 Å². The molecule has 0 N–H and O–H groups in total. The summed E-state index contributed by atoms with van der Waals surface area (Å²) in [7, 11) is 1.96. The van der Waals surface area contributed by atoms with Gasteiger partial charge < -0.3 is 18.9 Å². The van der Waals surface area contributed by atoms with Crippen LogP contribution in [-0.4, -0.2) is 47.5 Å². The number of ether oxygens (including phenoxy) is 2. The van der Waals surface area contributed by atoms with Crippen molar-refractivity contribution in [2.24, 2.45) is 7.05 Å². The molecule has 1 spiro atoms. The van der Waals surface area contributed by atoms with Crippen LogP contribution >= 0.6 is 0 Å². The van der Waals surface area contributed by atoms with E-state index in [2.05, 4.69) is 25.1 Å². The Morgan fingerprint density at radius 1 is 1.13 bits per heavy atom.